The summed E-state index contributed by atoms with van der Waals surface area (Å²) < 4.78 is 22.7. The van der Waals surface area contributed by atoms with Gasteiger partial charge in [0.05, 0.1) is 27.8 Å². The maximum Gasteiger partial charge on any atom is 0.238 e. The standard InChI is InChI=1S/C16H16ClN3O2S/c1-12-2-4-14(5-3-12)19-10-13(17)11-20(19)15-6-8-16(9-7-15)23(18,21)22/h2-9,11H,10H2,1H3,(H2,18,21,22). The van der Waals surface area contributed by atoms with Crippen molar-refractivity contribution >= 4 is 33.0 Å². The Morgan fingerprint density at radius 1 is 1.00 bits per heavy atom. The van der Waals surface area contributed by atoms with E-state index in [1.54, 1.807) is 12.1 Å². The number of primary sulfonamides is 1. The van der Waals surface area contributed by atoms with Gasteiger partial charge >= 0.3 is 0 Å². The fourth-order valence-electron chi connectivity index (χ4n) is 2.40. The number of hydrogen-bond acceptors (Lipinski definition) is 4. The van der Waals surface area contributed by atoms with Crippen molar-refractivity contribution in [3.05, 3.63) is 65.3 Å². The van der Waals surface area contributed by atoms with Gasteiger partial charge in [-0.2, -0.15) is 0 Å². The molecule has 0 spiro atoms. The van der Waals surface area contributed by atoms with Crippen LogP contribution >= 0.6 is 11.6 Å². The fraction of sp³-hybridized carbons (Fsp3) is 0.125. The van der Waals surface area contributed by atoms with Crippen LogP contribution in [-0.4, -0.2) is 15.0 Å². The van der Waals surface area contributed by atoms with Gasteiger partial charge < -0.3 is 0 Å². The molecule has 7 heteroatoms. The van der Waals surface area contributed by atoms with Crippen LogP contribution in [0.1, 0.15) is 5.56 Å². The molecule has 2 aromatic rings. The molecular weight excluding hydrogens is 334 g/mol. The minimum atomic E-state index is -3.70. The van der Waals surface area contributed by atoms with Crippen molar-refractivity contribution < 1.29 is 8.42 Å². The molecule has 0 fully saturated rings. The molecule has 2 aromatic carbocycles. The molecule has 1 aliphatic rings. The van der Waals surface area contributed by atoms with E-state index in [4.69, 9.17) is 16.7 Å². The Kier molecular flexibility index (Phi) is 4.06. The molecule has 0 saturated carbocycles. The monoisotopic (exact) mass is 349 g/mol. The molecule has 2 N–H and O–H groups in total. The molecule has 0 radical (unpaired) electrons. The van der Waals surface area contributed by atoms with Crippen LogP contribution < -0.4 is 15.2 Å². The first-order valence-corrected chi connectivity index (χ1v) is 8.89. The molecule has 0 aromatic heterocycles. The molecule has 0 unspecified atom stereocenters. The maximum absolute atomic E-state index is 11.4. The van der Waals surface area contributed by atoms with E-state index in [0.717, 1.165) is 11.4 Å². The molecule has 1 aliphatic heterocycles. The van der Waals surface area contributed by atoms with Crippen molar-refractivity contribution in [3.63, 3.8) is 0 Å². The lowest BCUT2D eigenvalue weighted by molar-refractivity contribution is 0.598. The van der Waals surface area contributed by atoms with Crippen LogP contribution in [-0.2, 0) is 10.0 Å². The SMILES string of the molecule is Cc1ccc(N2CC(Cl)=CN2c2ccc(S(N)(=O)=O)cc2)cc1. The highest BCUT2D eigenvalue weighted by Gasteiger charge is 2.23. The first kappa shape index (κ1) is 15.9. The van der Waals surface area contributed by atoms with Gasteiger partial charge in [0.2, 0.25) is 10.0 Å². The predicted molar refractivity (Wildman–Crippen MR) is 92.8 cm³/mol. The van der Waals surface area contributed by atoms with Gasteiger partial charge in [-0.3, -0.25) is 10.0 Å². The molecule has 23 heavy (non-hydrogen) atoms. The van der Waals surface area contributed by atoms with Crippen molar-refractivity contribution in [2.75, 3.05) is 16.6 Å². The molecule has 0 atom stereocenters. The summed E-state index contributed by atoms with van der Waals surface area (Å²) in [5, 5.41) is 9.72. The van der Waals surface area contributed by atoms with Crippen LogP contribution in [0, 0.1) is 6.92 Å². The van der Waals surface area contributed by atoms with Gasteiger partial charge in [0.1, 0.15) is 0 Å². The van der Waals surface area contributed by atoms with Gasteiger partial charge in [-0.05, 0) is 43.3 Å². The van der Waals surface area contributed by atoms with Crippen LogP contribution in [0.3, 0.4) is 0 Å². The molecule has 0 saturated heterocycles. The molecular formula is C16H16ClN3O2S. The highest BCUT2D eigenvalue weighted by atomic mass is 35.5. The molecule has 0 aliphatic carbocycles. The van der Waals surface area contributed by atoms with Crippen molar-refractivity contribution in [2.24, 2.45) is 5.14 Å². The normalized spacial score (nSPS) is 15.0. The first-order chi connectivity index (χ1) is 10.8. The lowest BCUT2D eigenvalue weighted by atomic mass is 10.2. The van der Waals surface area contributed by atoms with E-state index in [9.17, 15) is 8.42 Å². The molecule has 3 rings (SSSR count). The number of anilines is 2. The van der Waals surface area contributed by atoms with Gasteiger partial charge in [0.15, 0.2) is 0 Å². The number of aryl methyl sites for hydroxylation is 1. The van der Waals surface area contributed by atoms with E-state index in [2.05, 4.69) is 0 Å². The number of nitrogens with zero attached hydrogens (tertiary/aromatic N) is 2. The summed E-state index contributed by atoms with van der Waals surface area (Å²) in [7, 11) is -3.70. The smallest absolute Gasteiger partial charge is 0.238 e. The summed E-state index contributed by atoms with van der Waals surface area (Å²) in [6, 6.07) is 14.5. The highest BCUT2D eigenvalue weighted by molar-refractivity contribution is 7.89. The number of hydrogen-bond donors (Lipinski definition) is 1. The van der Waals surface area contributed by atoms with Gasteiger partial charge in [0, 0.05) is 6.20 Å². The Morgan fingerprint density at radius 3 is 2.13 bits per heavy atom. The number of hydrazine groups is 1. The van der Waals surface area contributed by atoms with Crippen molar-refractivity contribution in [1.29, 1.82) is 0 Å². The summed E-state index contributed by atoms with van der Waals surface area (Å²) >= 11 is 6.20. The van der Waals surface area contributed by atoms with Gasteiger partial charge in [-0.25, -0.2) is 13.6 Å². The second-order valence-electron chi connectivity index (χ2n) is 5.35. The van der Waals surface area contributed by atoms with Gasteiger partial charge in [0.25, 0.3) is 0 Å². The molecule has 120 valence electrons. The van der Waals surface area contributed by atoms with Crippen LogP contribution in [0.15, 0.2) is 64.7 Å². The Labute approximate surface area is 140 Å². The summed E-state index contributed by atoms with van der Waals surface area (Å²) in [6.45, 7) is 2.59. The molecule has 0 amide bonds. The molecule has 5 nitrogen and oxygen atoms in total. The van der Waals surface area contributed by atoms with E-state index in [1.165, 1.54) is 17.7 Å². The Morgan fingerprint density at radius 2 is 1.57 bits per heavy atom. The zero-order valence-corrected chi connectivity index (χ0v) is 14.1. The third-order valence-corrected chi connectivity index (χ3v) is 4.73. The summed E-state index contributed by atoms with van der Waals surface area (Å²) in [4.78, 5) is 0.0809. The number of sulfonamides is 1. The average Bonchev–Trinajstić information content (AvgIpc) is 2.89. The number of halogens is 1. The van der Waals surface area contributed by atoms with Crippen LogP contribution in [0.5, 0.6) is 0 Å². The summed E-state index contributed by atoms with van der Waals surface area (Å²) in [6.07, 6.45) is 1.81. The average molecular weight is 350 g/mol. The second-order valence-corrected chi connectivity index (χ2v) is 7.40. The van der Waals surface area contributed by atoms with Crippen molar-refractivity contribution in [1.82, 2.24) is 0 Å². The lowest BCUT2D eigenvalue weighted by Crippen LogP contribution is -2.35. The minimum Gasteiger partial charge on any atom is -0.276 e. The molecule has 0 bridgehead atoms. The van der Waals surface area contributed by atoms with Gasteiger partial charge in [-0.1, -0.05) is 29.3 Å². The number of nitrogens with two attached hydrogens (primary N) is 1. The zero-order valence-electron chi connectivity index (χ0n) is 12.5. The summed E-state index contributed by atoms with van der Waals surface area (Å²) in [5.74, 6) is 0. The van der Waals surface area contributed by atoms with Crippen LogP contribution in [0.4, 0.5) is 11.4 Å². The van der Waals surface area contributed by atoms with Gasteiger partial charge in [-0.15, -0.1) is 0 Å². The Balaban J connectivity index is 1.94. The quantitative estimate of drug-likeness (QED) is 0.925. The van der Waals surface area contributed by atoms with Crippen molar-refractivity contribution in [3.8, 4) is 0 Å². The third-order valence-electron chi connectivity index (χ3n) is 3.59. The van der Waals surface area contributed by atoms with E-state index >= 15 is 0 Å². The third kappa shape index (κ3) is 3.34. The van der Waals surface area contributed by atoms with E-state index in [0.29, 0.717) is 11.6 Å². The maximum atomic E-state index is 11.4. The number of benzene rings is 2. The Hall–Kier alpha value is -2.02. The van der Waals surface area contributed by atoms with Crippen LogP contribution in [0.25, 0.3) is 0 Å². The highest BCUT2D eigenvalue weighted by Crippen LogP contribution is 2.30. The topological polar surface area (TPSA) is 66.6 Å². The van der Waals surface area contributed by atoms with Crippen molar-refractivity contribution in [2.45, 2.75) is 11.8 Å². The second kappa shape index (κ2) is 5.88. The Bertz CT molecular complexity index is 846. The number of rotatable bonds is 3. The zero-order chi connectivity index (χ0) is 16.6. The summed E-state index contributed by atoms with van der Waals surface area (Å²) in [5.41, 5.74) is 2.97. The first-order valence-electron chi connectivity index (χ1n) is 6.97. The van der Waals surface area contributed by atoms with Crippen LogP contribution in [0.2, 0.25) is 0 Å². The lowest BCUT2D eigenvalue weighted by Gasteiger charge is -2.31. The van der Waals surface area contributed by atoms with E-state index < -0.39 is 10.0 Å². The fourth-order valence-corrected chi connectivity index (χ4v) is 3.12. The molecule has 1 heterocycles. The van der Waals surface area contributed by atoms with E-state index in [-0.39, 0.29) is 4.90 Å². The predicted octanol–water partition coefficient (Wildman–Crippen LogP) is 2.96. The largest absolute Gasteiger partial charge is 0.276 e. The van der Waals surface area contributed by atoms with E-state index in [1.807, 2.05) is 47.4 Å². The minimum absolute atomic E-state index is 0.0809.